The van der Waals surface area contributed by atoms with Gasteiger partial charge in [-0.05, 0) is 24.5 Å². The maximum atomic E-state index is 12.5. The maximum Gasteiger partial charge on any atom is 0.261 e. The minimum Gasteiger partial charge on any atom is -0.376 e. The molecule has 1 N–H and O–H groups in total. The largest absolute Gasteiger partial charge is 0.376 e. The third-order valence-electron chi connectivity index (χ3n) is 4.02. The van der Waals surface area contributed by atoms with Crippen molar-refractivity contribution >= 4 is 22.2 Å². The minimum atomic E-state index is -0.0665. The number of aryl methyl sites for hydroxylation is 1. The fourth-order valence-corrected chi connectivity index (χ4v) is 4.09. The molecule has 1 aromatic carbocycles. The van der Waals surface area contributed by atoms with Crippen molar-refractivity contribution in [2.45, 2.75) is 26.4 Å². The predicted molar refractivity (Wildman–Crippen MR) is 94.5 cm³/mol. The van der Waals surface area contributed by atoms with Gasteiger partial charge in [0.2, 0.25) is 5.91 Å². The summed E-state index contributed by atoms with van der Waals surface area (Å²) in [5.41, 5.74) is 2.94. The summed E-state index contributed by atoms with van der Waals surface area (Å²) in [5.74, 6) is 0.957. The van der Waals surface area contributed by atoms with Crippen LogP contribution in [0, 0.1) is 6.92 Å². The Bertz CT molecular complexity index is 902. The number of nitrogens with zero attached hydrogens (tertiary/aromatic N) is 2. The van der Waals surface area contributed by atoms with E-state index in [4.69, 9.17) is 9.26 Å². The van der Waals surface area contributed by atoms with Gasteiger partial charge >= 0.3 is 0 Å². The van der Waals surface area contributed by atoms with E-state index in [0.717, 1.165) is 33.0 Å². The van der Waals surface area contributed by atoms with Crippen LogP contribution in [0.1, 0.15) is 21.8 Å². The van der Waals surface area contributed by atoms with Gasteiger partial charge in [-0.25, -0.2) is 0 Å². The molecule has 2 aromatic heterocycles. The molecule has 1 amide bonds. The average Bonchev–Trinajstić information content (AvgIpc) is 3.18. The van der Waals surface area contributed by atoms with E-state index in [1.165, 1.54) is 11.3 Å². The first-order valence-corrected chi connectivity index (χ1v) is 8.89. The second-order valence-corrected chi connectivity index (χ2v) is 6.97. The minimum absolute atomic E-state index is 0.0665. The summed E-state index contributed by atoms with van der Waals surface area (Å²) in [7, 11) is 0. The highest BCUT2D eigenvalue weighted by Gasteiger charge is 2.26. The van der Waals surface area contributed by atoms with Crippen molar-refractivity contribution in [3.05, 3.63) is 52.2 Å². The summed E-state index contributed by atoms with van der Waals surface area (Å²) in [5, 5.41) is 7.65. The first-order valence-electron chi connectivity index (χ1n) is 8.07. The van der Waals surface area contributed by atoms with E-state index in [9.17, 15) is 4.79 Å². The van der Waals surface area contributed by atoms with E-state index in [1.54, 1.807) is 6.92 Å². The molecule has 0 spiro atoms. The van der Waals surface area contributed by atoms with Gasteiger partial charge < -0.3 is 14.6 Å². The van der Waals surface area contributed by atoms with E-state index >= 15 is 0 Å². The number of rotatable bonds is 4. The van der Waals surface area contributed by atoms with Gasteiger partial charge in [0, 0.05) is 4.88 Å². The zero-order chi connectivity index (χ0) is 17.2. The lowest BCUT2D eigenvalue weighted by molar-refractivity contribution is -0.115. The van der Waals surface area contributed by atoms with Crippen LogP contribution in [0.4, 0.5) is 5.00 Å². The number of carbonyl (C=O) groups is 1. The topological polar surface area (TPSA) is 77.2 Å². The normalized spacial score (nSPS) is 13.5. The summed E-state index contributed by atoms with van der Waals surface area (Å²) in [6, 6.07) is 9.67. The molecule has 25 heavy (non-hydrogen) atoms. The van der Waals surface area contributed by atoms with Gasteiger partial charge in [-0.15, -0.1) is 11.3 Å². The van der Waals surface area contributed by atoms with Crippen LogP contribution in [-0.2, 0) is 29.0 Å². The summed E-state index contributed by atoms with van der Waals surface area (Å²) in [4.78, 5) is 17.9. The number of carbonyl (C=O) groups excluding carboxylic acids is 1. The van der Waals surface area contributed by atoms with Crippen LogP contribution in [0.3, 0.4) is 0 Å². The Morgan fingerprint density at radius 2 is 2.16 bits per heavy atom. The van der Waals surface area contributed by atoms with Crippen molar-refractivity contribution in [2.75, 3.05) is 11.9 Å². The highest BCUT2D eigenvalue weighted by molar-refractivity contribution is 7.17. The molecular formula is C18H17N3O3S. The molecule has 1 aliphatic rings. The highest BCUT2D eigenvalue weighted by Crippen LogP contribution is 2.42. The molecule has 0 bridgehead atoms. The van der Waals surface area contributed by atoms with Crippen LogP contribution in [-0.4, -0.2) is 22.7 Å². The molecule has 3 aromatic rings. The first kappa shape index (κ1) is 16.0. The van der Waals surface area contributed by atoms with Crippen LogP contribution in [0.25, 0.3) is 11.5 Å². The fourth-order valence-electron chi connectivity index (χ4n) is 2.90. The molecule has 128 valence electrons. The molecule has 4 rings (SSSR count). The maximum absolute atomic E-state index is 12.5. The molecule has 0 aliphatic carbocycles. The van der Waals surface area contributed by atoms with Crippen molar-refractivity contribution in [1.82, 2.24) is 10.1 Å². The van der Waals surface area contributed by atoms with E-state index in [0.29, 0.717) is 31.3 Å². The number of benzene rings is 1. The third-order valence-corrected chi connectivity index (χ3v) is 5.14. The number of aromatic nitrogens is 2. The van der Waals surface area contributed by atoms with Gasteiger partial charge in [-0.1, -0.05) is 35.5 Å². The quantitative estimate of drug-likeness (QED) is 0.776. The molecule has 1 aliphatic heterocycles. The van der Waals surface area contributed by atoms with Crippen LogP contribution >= 0.6 is 11.3 Å². The Labute approximate surface area is 148 Å². The molecule has 0 radical (unpaired) electrons. The van der Waals surface area contributed by atoms with Gasteiger partial charge in [-0.3, -0.25) is 4.79 Å². The van der Waals surface area contributed by atoms with Crippen molar-refractivity contribution in [2.24, 2.45) is 0 Å². The number of thiophene rings is 1. The Morgan fingerprint density at radius 1 is 1.32 bits per heavy atom. The molecule has 7 heteroatoms. The Balaban J connectivity index is 1.64. The zero-order valence-electron chi connectivity index (χ0n) is 13.7. The molecule has 0 fully saturated rings. The van der Waals surface area contributed by atoms with Gasteiger partial charge in [0.05, 0.1) is 25.2 Å². The standard InChI is InChI=1S/C18H17N3O3S/c1-11-19-17(24-21-11)16-13-7-8-23-10-14(13)25-18(16)20-15(22)9-12-5-3-2-4-6-12/h2-6H,7-10H2,1H3,(H,20,22). The lowest BCUT2D eigenvalue weighted by atomic mass is 10.1. The van der Waals surface area contributed by atoms with E-state index < -0.39 is 0 Å². The van der Waals surface area contributed by atoms with Gasteiger partial charge in [0.25, 0.3) is 5.89 Å². The van der Waals surface area contributed by atoms with E-state index in [1.807, 2.05) is 30.3 Å². The third kappa shape index (κ3) is 3.33. The van der Waals surface area contributed by atoms with E-state index in [-0.39, 0.29) is 5.91 Å². The van der Waals surface area contributed by atoms with Crippen molar-refractivity contribution < 1.29 is 14.1 Å². The van der Waals surface area contributed by atoms with Gasteiger partial charge in [0.15, 0.2) is 5.82 Å². The summed E-state index contributed by atoms with van der Waals surface area (Å²) in [6.45, 7) is 2.98. The summed E-state index contributed by atoms with van der Waals surface area (Å²) < 4.78 is 10.9. The van der Waals surface area contributed by atoms with Crippen LogP contribution in [0.15, 0.2) is 34.9 Å². The predicted octanol–water partition coefficient (Wildman–Crippen LogP) is 3.36. The molecule has 3 heterocycles. The van der Waals surface area contributed by atoms with Gasteiger partial charge in [0.1, 0.15) is 5.00 Å². The van der Waals surface area contributed by atoms with Crippen molar-refractivity contribution in [3.8, 4) is 11.5 Å². The van der Waals surface area contributed by atoms with Crippen LogP contribution in [0.5, 0.6) is 0 Å². The number of ether oxygens (including phenoxy) is 1. The lowest BCUT2D eigenvalue weighted by Crippen LogP contribution is -2.14. The number of fused-ring (bicyclic) bond motifs is 1. The Hall–Kier alpha value is -2.51. The molecule has 6 nitrogen and oxygen atoms in total. The monoisotopic (exact) mass is 355 g/mol. The second-order valence-electron chi connectivity index (χ2n) is 5.87. The van der Waals surface area contributed by atoms with Crippen molar-refractivity contribution in [3.63, 3.8) is 0 Å². The van der Waals surface area contributed by atoms with Gasteiger partial charge in [-0.2, -0.15) is 4.98 Å². The Morgan fingerprint density at radius 3 is 2.92 bits per heavy atom. The number of hydrogen-bond acceptors (Lipinski definition) is 6. The first-order chi connectivity index (χ1) is 12.2. The van der Waals surface area contributed by atoms with Crippen molar-refractivity contribution in [1.29, 1.82) is 0 Å². The second kappa shape index (κ2) is 6.78. The zero-order valence-corrected chi connectivity index (χ0v) is 14.6. The molecule has 0 unspecified atom stereocenters. The van der Waals surface area contributed by atoms with Crippen LogP contribution in [0.2, 0.25) is 0 Å². The number of amides is 1. The molecule has 0 atom stereocenters. The molecule has 0 saturated carbocycles. The SMILES string of the molecule is Cc1noc(-c2c(NC(=O)Cc3ccccc3)sc3c2CCOC3)n1. The summed E-state index contributed by atoms with van der Waals surface area (Å²) in [6.07, 6.45) is 1.10. The molecular weight excluding hydrogens is 338 g/mol. The lowest BCUT2D eigenvalue weighted by Gasteiger charge is -2.12. The number of hydrogen-bond donors (Lipinski definition) is 1. The average molecular weight is 355 g/mol. The fraction of sp³-hybridized carbons (Fsp3) is 0.278. The number of nitrogens with one attached hydrogen (secondary N) is 1. The van der Waals surface area contributed by atoms with Crippen LogP contribution < -0.4 is 5.32 Å². The summed E-state index contributed by atoms with van der Waals surface area (Å²) >= 11 is 1.52. The smallest absolute Gasteiger partial charge is 0.261 e. The number of anilines is 1. The van der Waals surface area contributed by atoms with E-state index in [2.05, 4.69) is 15.5 Å². The molecule has 0 saturated heterocycles. The Kier molecular flexibility index (Phi) is 4.33. The highest BCUT2D eigenvalue weighted by atomic mass is 32.1.